The van der Waals surface area contributed by atoms with Gasteiger partial charge in [-0.1, -0.05) is 60.1 Å². The molecule has 2 aromatic heterocycles. The maximum atomic E-state index is 13.2. The molecule has 5 rings (SSSR count). The van der Waals surface area contributed by atoms with E-state index in [9.17, 15) is 4.79 Å². The van der Waals surface area contributed by atoms with Crippen LogP contribution in [0.1, 0.15) is 15.9 Å². The van der Waals surface area contributed by atoms with Gasteiger partial charge in [-0.25, -0.2) is 9.97 Å². The number of rotatable bonds is 4. The van der Waals surface area contributed by atoms with Gasteiger partial charge in [0.1, 0.15) is 16.9 Å². The van der Waals surface area contributed by atoms with Crippen molar-refractivity contribution in [2.45, 2.75) is 6.54 Å². The molecule has 2 heterocycles. The molecule has 0 fully saturated rings. The summed E-state index contributed by atoms with van der Waals surface area (Å²) in [6.07, 6.45) is 0. The molecule has 152 valence electrons. The SMILES string of the molecule is Nc1c(C(=O)NCc2ccccc2)c2nc3ccccc3nc2n1-c1cccc(Cl)c1. The Bertz CT molecular complexity index is 1430. The Kier molecular flexibility index (Phi) is 4.76. The van der Waals surface area contributed by atoms with E-state index in [-0.39, 0.29) is 11.7 Å². The molecule has 0 aliphatic heterocycles. The molecule has 0 bridgehead atoms. The third kappa shape index (κ3) is 3.47. The van der Waals surface area contributed by atoms with Gasteiger partial charge in [-0.2, -0.15) is 0 Å². The Morgan fingerprint density at radius 3 is 2.39 bits per heavy atom. The Balaban J connectivity index is 1.69. The van der Waals surface area contributed by atoms with Gasteiger partial charge >= 0.3 is 0 Å². The molecule has 7 heteroatoms. The molecule has 0 aliphatic carbocycles. The number of benzene rings is 3. The number of hydrogen-bond acceptors (Lipinski definition) is 4. The van der Waals surface area contributed by atoms with Crippen molar-refractivity contribution in [3.05, 3.63) is 95.0 Å². The van der Waals surface area contributed by atoms with Crippen molar-refractivity contribution in [2.24, 2.45) is 0 Å². The third-order valence-electron chi connectivity index (χ3n) is 5.09. The molecule has 3 aromatic carbocycles. The third-order valence-corrected chi connectivity index (χ3v) is 5.32. The molecule has 0 radical (unpaired) electrons. The van der Waals surface area contributed by atoms with E-state index < -0.39 is 0 Å². The number of nitrogens with one attached hydrogen (secondary N) is 1. The van der Waals surface area contributed by atoms with Crippen LogP contribution >= 0.6 is 11.6 Å². The van der Waals surface area contributed by atoms with Gasteiger partial charge in [-0.15, -0.1) is 0 Å². The van der Waals surface area contributed by atoms with E-state index >= 15 is 0 Å². The first-order valence-corrected chi connectivity index (χ1v) is 10.1. The summed E-state index contributed by atoms with van der Waals surface area (Å²) in [6.45, 7) is 0.379. The van der Waals surface area contributed by atoms with E-state index in [4.69, 9.17) is 27.3 Å². The topological polar surface area (TPSA) is 85.8 Å². The van der Waals surface area contributed by atoms with Crippen LogP contribution in [0.25, 0.3) is 27.9 Å². The minimum atomic E-state index is -0.309. The highest BCUT2D eigenvalue weighted by Gasteiger charge is 2.24. The Morgan fingerprint density at radius 1 is 0.935 bits per heavy atom. The number of anilines is 1. The van der Waals surface area contributed by atoms with Gasteiger partial charge in [-0.05, 0) is 35.9 Å². The number of hydrogen-bond donors (Lipinski definition) is 2. The van der Waals surface area contributed by atoms with E-state index in [1.807, 2.05) is 66.7 Å². The van der Waals surface area contributed by atoms with Gasteiger partial charge in [-0.3, -0.25) is 9.36 Å². The number of fused-ring (bicyclic) bond motifs is 2. The number of nitrogens with two attached hydrogens (primary N) is 1. The number of amides is 1. The summed E-state index contributed by atoms with van der Waals surface area (Å²) in [5, 5.41) is 3.50. The molecule has 0 spiro atoms. The first-order chi connectivity index (χ1) is 15.1. The lowest BCUT2D eigenvalue weighted by molar-refractivity contribution is 0.0953. The van der Waals surface area contributed by atoms with Crippen molar-refractivity contribution in [1.82, 2.24) is 19.9 Å². The van der Waals surface area contributed by atoms with Gasteiger partial charge in [0.2, 0.25) is 0 Å². The number of nitrogen functional groups attached to an aromatic ring is 1. The summed E-state index contributed by atoms with van der Waals surface area (Å²) in [7, 11) is 0. The van der Waals surface area contributed by atoms with E-state index in [2.05, 4.69) is 5.32 Å². The quantitative estimate of drug-likeness (QED) is 0.433. The van der Waals surface area contributed by atoms with Crippen molar-refractivity contribution in [3.8, 4) is 5.69 Å². The predicted molar refractivity (Wildman–Crippen MR) is 123 cm³/mol. The van der Waals surface area contributed by atoms with Crippen LogP contribution in [-0.4, -0.2) is 20.4 Å². The van der Waals surface area contributed by atoms with Crippen LogP contribution in [0, 0.1) is 0 Å². The Morgan fingerprint density at radius 2 is 1.65 bits per heavy atom. The Labute approximate surface area is 183 Å². The lowest BCUT2D eigenvalue weighted by Crippen LogP contribution is -2.23. The number of carbonyl (C=O) groups is 1. The van der Waals surface area contributed by atoms with Crippen molar-refractivity contribution < 1.29 is 4.79 Å². The largest absolute Gasteiger partial charge is 0.384 e. The van der Waals surface area contributed by atoms with E-state index in [1.165, 1.54) is 0 Å². The fraction of sp³-hybridized carbons (Fsp3) is 0.0417. The van der Waals surface area contributed by atoms with Gasteiger partial charge in [0.25, 0.3) is 5.91 Å². The first-order valence-electron chi connectivity index (χ1n) is 9.76. The summed E-state index contributed by atoms with van der Waals surface area (Å²) in [6, 6.07) is 24.5. The van der Waals surface area contributed by atoms with Crippen LogP contribution in [0.5, 0.6) is 0 Å². The lowest BCUT2D eigenvalue weighted by atomic mass is 10.2. The Hall–Kier alpha value is -3.90. The zero-order valence-electron chi connectivity index (χ0n) is 16.4. The average Bonchev–Trinajstić information content (AvgIpc) is 3.07. The van der Waals surface area contributed by atoms with Crippen molar-refractivity contribution >= 4 is 45.5 Å². The molecule has 0 aliphatic rings. The van der Waals surface area contributed by atoms with Crippen LogP contribution in [0.4, 0.5) is 5.82 Å². The van der Waals surface area contributed by atoms with Crippen LogP contribution in [0.3, 0.4) is 0 Å². The van der Waals surface area contributed by atoms with E-state index in [0.29, 0.717) is 45.0 Å². The van der Waals surface area contributed by atoms with Crippen molar-refractivity contribution in [2.75, 3.05) is 5.73 Å². The number of carbonyl (C=O) groups excluding carboxylic acids is 1. The van der Waals surface area contributed by atoms with E-state index in [1.54, 1.807) is 16.7 Å². The summed E-state index contributed by atoms with van der Waals surface area (Å²) in [5.41, 5.74) is 10.9. The molecule has 0 saturated carbocycles. The van der Waals surface area contributed by atoms with Crippen LogP contribution in [0.15, 0.2) is 78.9 Å². The summed E-state index contributed by atoms with van der Waals surface area (Å²) < 4.78 is 1.72. The van der Waals surface area contributed by atoms with Crippen molar-refractivity contribution in [1.29, 1.82) is 0 Å². The van der Waals surface area contributed by atoms with Gasteiger partial charge in [0.05, 0.1) is 16.7 Å². The maximum absolute atomic E-state index is 13.2. The van der Waals surface area contributed by atoms with Crippen LogP contribution in [-0.2, 0) is 6.54 Å². The van der Waals surface area contributed by atoms with Crippen LogP contribution in [0.2, 0.25) is 5.02 Å². The number of para-hydroxylation sites is 2. The maximum Gasteiger partial charge on any atom is 0.257 e. The predicted octanol–water partition coefficient (Wildman–Crippen LogP) is 4.74. The number of aromatic nitrogens is 3. The fourth-order valence-electron chi connectivity index (χ4n) is 3.63. The lowest BCUT2D eigenvalue weighted by Gasteiger charge is -2.09. The second-order valence-corrected chi connectivity index (χ2v) is 7.56. The molecule has 5 aromatic rings. The zero-order chi connectivity index (χ0) is 21.4. The summed E-state index contributed by atoms with van der Waals surface area (Å²) in [5.74, 6) is -0.0464. The van der Waals surface area contributed by atoms with E-state index in [0.717, 1.165) is 5.56 Å². The summed E-state index contributed by atoms with van der Waals surface area (Å²) >= 11 is 6.21. The first kappa shape index (κ1) is 19.1. The number of nitrogens with zero attached hydrogens (tertiary/aromatic N) is 3. The van der Waals surface area contributed by atoms with Gasteiger partial charge in [0, 0.05) is 11.6 Å². The molecule has 0 saturated heterocycles. The average molecular weight is 428 g/mol. The summed E-state index contributed by atoms with van der Waals surface area (Å²) in [4.78, 5) is 22.7. The molecule has 6 nitrogen and oxygen atoms in total. The monoisotopic (exact) mass is 427 g/mol. The van der Waals surface area contributed by atoms with Crippen molar-refractivity contribution in [3.63, 3.8) is 0 Å². The molecular weight excluding hydrogens is 410 g/mol. The minimum absolute atomic E-state index is 0.262. The van der Waals surface area contributed by atoms with Gasteiger partial charge in [0.15, 0.2) is 5.65 Å². The van der Waals surface area contributed by atoms with Gasteiger partial charge < -0.3 is 11.1 Å². The highest BCUT2D eigenvalue weighted by atomic mass is 35.5. The second-order valence-electron chi connectivity index (χ2n) is 7.13. The normalized spacial score (nSPS) is 11.1. The molecule has 0 unspecified atom stereocenters. The zero-order valence-corrected chi connectivity index (χ0v) is 17.2. The number of halogens is 1. The molecule has 0 atom stereocenters. The highest BCUT2D eigenvalue weighted by molar-refractivity contribution is 6.30. The standard InChI is InChI=1S/C24H18ClN5O/c25-16-9-6-10-17(13-16)30-22(26)20(24(31)27-14-15-7-2-1-3-8-15)21-23(30)29-19-12-5-4-11-18(19)28-21/h1-13H,14,26H2,(H,27,31). The molecular formula is C24H18ClN5O. The van der Waals surface area contributed by atoms with Crippen LogP contribution < -0.4 is 11.1 Å². The molecule has 1 amide bonds. The molecule has 31 heavy (non-hydrogen) atoms. The highest BCUT2D eigenvalue weighted by Crippen LogP contribution is 2.31. The minimum Gasteiger partial charge on any atom is -0.384 e. The second kappa shape index (κ2) is 7.74. The smallest absolute Gasteiger partial charge is 0.257 e. The fourth-order valence-corrected chi connectivity index (χ4v) is 3.81. The molecule has 3 N–H and O–H groups in total.